The van der Waals surface area contributed by atoms with Gasteiger partial charge in [-0.1, -0.05) is 6.92 Å². The van der Waals surface area contributed by atoms with E-state index in [0.29, 0.717) is 6.54 Å². The Morgan fingerprint density at radius 2 is 2.44 bits per heavy atom. The molecule has 0 bridgehead atoms. The third-order valence-electron chi connectivity index (χ3n) is 2.49. The zero-order valence-corrected chi connectivity index (χ0v) is 10.1. The first-order valence-corrected chi connectivity index (χ1v) is 5.48. The number of carbonyl (C=O) groups is 1. The number of hydrogen-bond donors (Lipinski definition) is 1. The van der Waals surface area contributed by atoms with Crippen molar-refractivity contribution in [2.75, 3.05) is 14.2 Å². The van der Waals surface area contributed by atoms with E-state index in [1.165, 1.54) is 7.11 Å². The van der Waals surface area contributed by atoms with Gasteiger partial charge >= 0.3 is 5.97 Å². The molecule has 1 aromatic heterocycles. The lowest BCUT2D eigenvalue weighted by atomic mass is 10.2. The van der Waals surface area contributed by atoms with Crippen molar-refractivity contribution in [3.8, 4) is 0 Å². The molecule has 1 heterocycles. The summed E-state index contributed by atoms with van der Waals surface area (Å²) in [6.07, 6.45) is 5.61. The third kappa shape index (κ3) is 3.06. The van der Waals surface area contributed by atoms with E-state index < -0.39 is 0 Å². The summed E-state index contributed by atoms with van der Waals surface area (Å²) in [6, 6.07) is -0.324. The predicted octanol–water partition coefficient (Wildman–Crippen LogP) is 0.597. The van der Waals surface area contributed by atoms with Gasteiger partial charge < -0.3 is 14.6 Å². The van der Waals surface area contributed by atoms with Crippen molar-refractivity contribution in [2.45, 2.75) is 32.4 Å². The molecule has 1 unspecified atom stereocenters. The summed E-state index contributed by atoms with van der Waals surface area (Å²) in [6.45, 7) is 2.66. The molecule has 0 aliphatic carbocycles. The number of aryl methyl sites for hydroxylation is 1. The standard InChI is InChI=1S/C11H19N3O2/c1-4-5-10-13-6-7-14(10)8-9(12-2)11(15)16-3/h6-7,9,12H,4-5,8H2,1-3H3. The van der Waals surface area contributed by atoms with Crippen molar-refractivity contribution >= 4 is 5.97 Å². The largest absolute Gasteiger partial charge is 0.468 e. The number of rotatable bonds is 6. The minimum Gasteiger partial charge on any atom is -0.468 e. The lowest BCUT2D eigenvalue weighted by Gasteiger charge is -2.15. The lowest BCUT2D eigenvalue weighted by molar-refractivity contribution is -0.143. The molecule has 16 heavy (non-hydrogen) atoms. The number of methoxy groups -OCH3 is 1. The SMILES string of the molecule is CCCc1nccn1CC(NC)C(=O)OC. The molecule has 5 heteroatoms. The molecule has 5 nitrogen and oxygen atoms in total. The van der Waals surface area contributed by atoms with Crippen molar-refractivity contribution in [1.82, 2.24) is 14.9 Å². The molecule has 0 aliphatic heterocycles. The molecular formula is C11H19N3O2. The van der Waals surface area contributed by atoms with Crippen molar-refractivity contribution < 1.29 is 9.53 Å². The summed E-state index contributed by atoms with van der Waals surface area (Å²) in [5.41, 5.74) is 0. The van der Waals surface area contributed by atoms with E-state index in [2.05, 4.69) is 17.2 Å². The number of esters is 1. The molecule has 1 rings (SSSR count). The maximum absolute atomic E-state index is 11.4. The fourth-order valence-corrected chi connectivity index (χ4v) is 1.58. The van der Waals surface area contributed by atoms with Gasteiger partial charge in [-0.2, -0.15) is 0 Å². The number of carbonyl (C=O) groups excluding carboxylic acids is 1. The van der Waals surface area contributed by atoms with Crippen LogP contribution in [0.15, 0.2) is 12.4 Å². The molecule has 0 radical (unpaired) electrons. The van der Waals surface area contributed by atoms with Gasteiger partial charge in [0.25, 0.3) is 0 Å². The van der Waals surface area contributed by atoms with Crippen molar-refractivity contribution in [2.24, 2.45) is 0 Å². The van der Waals surface area contributed by atoms with Crippen molar-refractivity contribution in [3.63, 3.8) is 0 Å². The number of ether oxygens (including phenoxy) is 1. The fraction of sp³-hybridized carbons (Fsp3) is 0.636. The maximum atomic E-state index is 11.4. The van der Waals surface area contributed by atoms with Crippen LogP contribution in [-0.4, -0.2) is 35.7 Å². The highest BCUT2D eigenvalue weighted by Gasteiger charge is 2.18. The second-order valence-electron chi connectivity index (χ2n) is 3.61. The molecule has 0 saturated heterocycles. The highest BCUT2D eigenvalue weighted by molar-refractivity contribution is 5.75. The van der Waals surface area contributed by atoms with Gasteiger partial charge in [0.2, 0.25) is 0 Å². The van der Waals surface area contributed by atoms with Crippen LogP contribution in [0.2, 0.25) is 0 Å². The van der Waals surface area contributed by atoms with Crippen LogP contribution in [0.3, 0.4) is 0 Å². The first-order chi connectivity index (χ1) is 7.72. The van der Waals surface area contributed by atoms with Gasteiger partial charge in [0.15, 0.2) is 0 Å². The molecule has 1 N–H and O–H groups in total. The second kappa shape index (κ2) is 6.27. The molecule has 0 saturated carbocycles. The number of hydrogen-bond acceptors (Lipinski definition) is 4. The number of aromatic nitrogens is 2. The normalized spacial score (nSPS) is 12.4. The molecule has 0 fully saturated rings. The van der Waals surface area contributed by atoms with E-state index >= 15 is 0 Å². The smallest absolute Gasteiger partial charge is 0.324 e. The predicted molar refractivity (Wildman–Crippen MR) is 61.1 cm³/mol. The van der Waals surface area contributed by atoms with Gasteiger partial charge in [-0.05, 0) is 13.5 Å². The molecule has 1 atom stereocenters. The van der Waals surface area contributed by atoms with Crippen LogP contribution < -0.4 is 5.32 Å². The summed E-state index contributed by atoms with van der Waals surface area (Å²) in [4.78, 5) is 15.7. The van der Waals surface area contributed by atoms with Gasteiger partial charge in [-0.25, -0.2) is 4.98 Å². The molecule has 90 valence electrons. The van der Waals surface area contributed by atoms with Crippen LogP contribution in [0, 0.1) is 0 Å². The Kier molecular flexibility index (Phi) is 4.98. The number of nitrogens with zero attached hydrogens (tertiary/aromatic N) is 2. The molecule has 1 aromatic rings. The van der Waals surface area contributed by atoms with Gasteiger partial charge in [0, 0.05) is 25.4 Å². The van der Waals surface area contributed by atoms with Crippen LogP contribution in [0.1, 0.15) is 19.2 Å². The van der Waals surface area contributed by atoms with Crippen molar-refractivity contribution in [1.29, 1.82) is 0 Å². The first kappa shape index (κ1) is 12.7. The van der Waals surface area contributed by atoms with E-state index in [-0.39, 0.29) is 12.0 Å². The highest BCUT2D eigenvalue weighted by atomic mass is 16.5. The van der Waals surface area contributed by atoms with E-state index in [1.807, 2.05) is 10.8 Å². The number of imidazole rings is 1. The van der Waals surface area contributed by atoms with Gasteiger partial charge in [-0.15, -0.1) is 0 Å². The molecule has 0 aliphatic rings. The topological polar surface area (TPSA) is 56.2 Å². The fourth-order valence-electron chi connectivity index (χ4n) is 1.58. The Balaban J connectivity index is 2.69. The van der Waals surface area contributed by atoms with Crippen LogP contribution in [0.4, 0.5) is 0 Å². The highest BCUT2D eigenvalue weighted by Crippen LogP contribution is 2.03. The minimum atomic E-state index is -0.324. The first-order valence-electron chi connectivity index (χ1n) is 5.48. The summed E-state index contributed by atoms with van der Waals surface area (Å²) in [7, 11) is 3.14. The van der Waals surface area contributed by atoms with E-state index in [9.17, 15) is 4.79 Å². The van der Waals surface area contributed by atoms with E-state index in [0.717, 1.165) is 18.7 Å². The Morgan fingerprint density at radius 3 is 3.00 bits per heavy atom. The van der Waals surface area contributed by atoms with Crippen LogP contribution in [0.5, 0.6) is 0 Å². The van der Waals surface area contributed by atoms with Gasteiger partial charge in [0.05, 0.1) is 7.11 Å². The van der Waals surface area contributed by atoms with Crippen LogP contribution in [0.25, 0.3) is 0 Å². The van der Waals surface area contributed by atoms with E-state index in [4.69, 9.17) is 4.74 Å². The Hall–Kier alpha value is -1.36. The Bertz CT molecular complexity index is 336. The minimum absolute atomic E-state index is 0.251. The second-order valence-corrected chi connectivity index (χ2v) is 3.61. The molecule has 0 amide bonds. The van der Waals surface area contributed by atoms with Gasteiger partial charge in [-0.3, -0.25) is 4.79 Å². The molecule has 0 aromatic carbocycles. The number of likely N-dealkylation sites (N-methyl/N-ethyl adjacent to an activating group) is 1. The molecule has 0 spiro atoms. The summed E-state index contributed by atoms with van der Waals surface area (Å²) < 4.78 is 6.70. The summed E-state index contributed by atoms with van der Waals surface area (Å²) in [5.74, 6) is 0.755. The molecular weight excluding hydrogens is 206 g/mol. The zero-order valence-electron chi connectivity index (χ0n) is 10.1. The monoisotopic (exact) mass is 225 g/mol. The average Bonchev–Trinajstić information content (AvgIpc) is 2.73. The Morgan fingerprint density at radius 1 is 1.69 bits per heavy atom. The third-order valence-corrected chi connectivity index (χ3v) is 2.49. The van der Waals surface area contributed by atoms with E-state index in [1.54, 1.807) is 13.2 Å². The Labute approximate surface area is 95.8 Å². The van der Waals surface area contributed by atoms with Crippen molar-refractivity contribution in [3.05, 3.63) is 18.2 Å². The summed E-state index contributed by atoms with van der Waals surface area (Å²) in [5, 5.41) is 2.94. The van der Waals surface area contributed by atoms with Crippen LogP contribution in [-0.2, 0) is 22.5 Å². The average molecular weight is 225 g/mol. The van der Waals surface area contributed by atoms with Gasteiger partial charge in [0.1, 0.15) is 11.9 Å². The number of nitrogens with one attached hydrogen (secondary N) is 1. The lowest BCUT2D eigenvalue weighted by Crippen LogP contribution is -2.39. The van der Waals surface area contributed by atoms with Crippen LogP contribution >= 0.6 is 0 Å². The zero-order chi connectivity index (χ0) is 12.0. The quantitative estimate of drug-likeness (QED) is 0.720. The summed E-state index contributed by atoms with van der Waals surface area (Å²) >= 11 is 0. The maximum Gasteiger partial charge on any atom is 0.324 e.